The minimum absolute atomic E-state index is 0.104. The first kappa shape index (κ1) is 13.5. The second kappa shape index (κ2) is 7.63. The predicted octanol–water partition coefficient (Wildman–Crippen LogP) is 0.871. The Morgan fingerprint density at radius 2 is 2.12 bits per heavy atom. The molecule has 1 aliphatic rings. The Kier molecular flexibility index (Phi) is 6.42. The lowest BCUT2D eigenvalue weighted by molar-refractivity contribution is -0.135. The van der Waals surface area contributed by atoms with Gasteiger partial charge in [0.15, 0.2) is 0 Å². The van der Waals surface area contributed by atoms with Crippen LogP contribution in [-0.4, -0.2) is 50.7 Å². The molecular weight excluding hydrogens is 204 g/mol. The molecule has 0 radical (unpaired) electrons. The Morgan fingerprint density at radius 3 is 2.75 bits per heavy atom. The summed E-state index contributed by atoms with van der Waals surface area (Å²) in [4.78, 5) is 13.5. The van der Waals surface area contributed by atoms with Gasteiger partial charge in [0, 0.05) is 20.2 Å². The summed E-state index contributed by atoms with van der Waals surface area (Å²) < 4.78 is 5.25. The molecule has 94 valence electrons. The molecule has 0 atom stereocenters. The maximum atomic E-state index is 11.7. The summed E-state index contributed by atoms with van der Waals surface area (Å²) in [5.41, 5.74) is 0. The number of piperidine rings is 1. The highest BCUT2D eigenvalue weighted by molar-refractivity contribution is 5.77. The van der Waals surface area contributed by atoms with Crippen LogP contribution in [0.2, 0.25) is 0 Å². The van der Waals surface area contributed by atoms with Crippen molar-refractivity contribution >= 4 is 5.91 Å². The lowest BCUT2D eigenvalue weighted by Crippen LogP contribution is -2.38. The Hall–Kier alpha value is -0.610. The molecule has 1 heterocycles. The van der Waals surface area contributed by atoms with Crippen molar-refractivity contribution in [2.24, 2.45) is 5.92 Å². The lowest BCUT2D eigenvalue weighted by Gasteiger charge is -2.27. The second-order valence-electron chi connectivity index (χ2n) is 4.52. The van der Waals surface area contributed by atoms with Crippen LogP contribution in [0, 0.1) is 5.92 Å². The highest BCUT2D eigenvalue weighted by Gasteiger charge is 2.17. The smallest absolute Gasteiger partial charge is 0.248 e. The normalized spacial score (nSPS) is 17.4. The molecule has 0 saturated carbocycles. The summed E-state index contributed by atoms with van der Waals surface area (Å²) in [7, 11) is 1.87. The molecule has 1 saturated heterocycles. The summed E-state index contributed by atoms with van der Waals surface area (Å²) in [6, 6.07) is 0. The van der Waals surface area contributed by atoms with Gasteiger partial charge in [-0.1, -0.05) is 6.92 Å². The van der Waals surface area contributed by atoms with Gasteiger partial charge >= 0.3 is 0 Å². The van der Waals surface area contributed by atoms with Gasteiger partial charge in [0.2, 0.25) is 5.91 Å². The van der Waals surface area contributed by atoms with Crippen molar-refractivity contribution in [1.82, 2.24) is 10.2 Å². The third-order valence-corrected chi connectivity index (χ3v) is 2.99. The fourth-order valence-electron chi connectivity index (χ4n) is 1.97. The van der Waals surface area contributed by atoms with Crippen LogP contribution in [0.3, 0.4) is 0 Å². The Labute approximate surface area is 98.3 Å². The van der Waals surface area contributed by atoms with E-state index in [9.17, 15) is 4.79 Å². The van der Waals surface area contributed by atoms with Crippen LogP contribution in [-0.2, 0) is 9.53 Å². The van der Waals surface area contributed by atoms with Crippen LogP contribution in [0.15, 0.2) is 0 Å². The van der Waals surface area contributed by atoms with Crippen LogP contribution >= 0.6 is 0 Å². The zero-order chi connectivity index (χ0) is 11.8. The van der Waals surface area contributed by atoms with Gasteiger partial charge in [-0.25, -0.2) is 0 Å². The maximum Gasteiger partial charge on any atom is 0.248 e. The molecule has 0 bridgehead atoms. The molecule has 0 aromatic carbocycles. The van der Waals surface area contributed by atoms with Gasteiger partial charge in [0.25, 0.3) is 0 Å². The number of carbonyl (C=O) groups is 1. The number of hydrogen-bond acceptors (Lipinski definition) is 3. The van der Waals surface area contributed by atoms with E-state index >= 15 is 0 Å². The lowest BCUT2D eigenvalue weighted by atomic mass is 9.98. The average molecular weight is 228 g/mol. The number of likely N-dealkylation sites (N-methyl/N-ethyl adjacent to an activating group) is 1. The summed E-state index contributed by atoms with van der Waals surface area (Å²) in [6.45, 7) is 5.99. The largest absolute Gasteiger partial charge is 0.372 e. The van der Waals surface area contributed by atoms with Gasteiger partial charge in [-0.3, -0.25) is 4.79 Å². The topological polar surface area (TPSA) is 41.6 Å². The molecule has 4 heteroatoms. The third kappa shape index (κ3) is 4.94. The molecular formula is C12H24N2O2. The predicted molar refractivity (Wildman–Crippen MR) is 64.3 cm³/mol. The molecule has 1 aliphatic heterocycles. The Bertz CT molecular complexity index is 203. The number of ether oxygens (including phenoxy) is 1. The van der Waals surface area contributed by atoms with E-state index in [4.69, 9.17) is 4.74 Å². The summed E-state index contributed by atoms with van der Waals surface area (Å²) in [5, 5.41) is 3.33. The van der Waals surface area contributed by atoms with Gasteiger partial charge < -0.3 is 15.0 Å². The van der Waals surface area contributed by atoms with E-state index < -0.39 is 0 Å². The molecule has 1 fully saturated rings. The molecule has 0 spiro atoms. The van der Waals surface area contributed by atoms with Crippen molar-refractivity contribution in [3.63, 3.8) is 0 Å². The van der Waals surface area contributed by atoms with E-state index in [0.717, 1.165) is 26.1 Å². The fourth-order valence-corrected chi connectivity index (χ4v) is 1.97. The maximum absolute atomic E-state index is 11.7. The standard InChI is InChI=1S/C12H24N2O2/c1-3-8-16-10-12(15)14(2)9-11-4-6-13-7-5-11/h11,13H,3-10H2,1-2H3. The molecule has 4 nitrogen and oxygen atoms in total. The van der Waals surface area contributed by atoms with E-state index in [1.54, 1.807) is 0 Å². The monoisotopic (exact) mass is 228 g/mol. The molecule has 0 aliphatic carbocycles. The minimum atomic E-state index is 0.104. The summed E-state index contributed by atoms with van der Waals surface area (Å²) in [5.74, 6) is 0.758. The van der Waals surface area contributed by atoms with Crippen molar-refractivity contribution in [2.75, 3.05) is 39.9 Å². The van der Waals surface area contributed by atoms with Gasteiger partial charge in [0.1, 0.15) is 6.61 Å². The number of carbonyl (C=O) groups excluding carboxylic acids is 1. The average Bonchev–Trinajstić information content (AvgIpc) is 2.30. The van der Waals surface area contributed by atoms with Gasteiger partial charge in [-0.05, 0) is 38.3 Å². The van der Waals surface area contributed by atoms with Crippen molar-refractivity contribution in [3.05, 3.63) is 0 Å². The first-order valence-corrected chi connectivity index (χ1v) is 6.26. The first-order chi connectivity index (χ1) is 7.74. The Morgan fingerprint density at radius 1 is 1.44 bits per heavy atom. The number of amides is 1. The molecule has 0 aromatic rings. The molecule has 0 unspecified atom stereocenters. The van der Waals surface area contributed by atoms with Gasteiger partial charge in [-0.15, -0.1) is 0 Å². The van der Waals surface area contributed by atoms with E-state index in [2.05, 4.69) is 5.32 Å². The number of hydrogen-bond donors (Lipinski definition) is 1. The van der Waals surface area contributed by atoms with Crippen LogP contribution in [0.4, 0.5) is 0 Å². The highest BCUT2D eigenvalue weighted by atomic mass is 16.5. The Balaban J connectivity index is 2.16. The van der Waals surface area contributed by atoms with Crippen molar-refractivity contribution in [3.8, 4) is 0 Å². The fraction of sp³-hybridized carbons (Fsp3) is 0.917. The van der Waals surface area contributed by atoms with Crippen molar-refractivity contribution < 1.29 is 9.53 Å². The number of rotatable bonds is 6. The molecule has 0 aromatic heterocycles. The van der Waals surface area contributed by atoms with E-state index in [1.807, 2.05) is 18.9 Å². The molecule has 1 N–H and O–H groups in total. The first-order valence-electron chi connectivity index (χ1n) is 6.26. The van der Waals surface area contributed by atoms with E-state index in [1.165, 1.54) is 12.8 Å². The zero-order valence-corrected chi connectivity index (χ0v) is 10.5. The number of nitrogens with zero attached hydrogens (tertiary/aromatic N) is 1. The van der Waals surface area contributed by atoms with Gasteiger partial charge in [0.05, 0.1) is 0 Å². The third-order valence-electron chi connectivity index (χ3n) is 2.99. The van der Waals surface area contributed by atoms with Crippen LogP contribution in [0.1, 0.15) is 26.2 Å². The minimum Gasteiger partial charge on any atom is -0.372 e. The quantitative estimate of drug-likeness (QED) is 0.686. The zero-order valence-electron chi connectivity index (χ0n) is 10.5. The van der Waals surface area contributed by atoms with Crippen LogP contribution in [0.25, 0.3) is 0 Å². The second-order valence-corrected chi connectivity index (χ2v) is 4.52. The van der Waals surface area contributed by atoms with E-state index in [-0.39, 0.29) is 12.5 Å². The summed E-state index contributed by atoms with van der Waals surface area (Å²) >= 11 is 0. The molecule has 16 heavy (non-hydrogen) atoms. The van der Waals surface area contributed by atoms with Crippen LogP contribution in [0.5, 0.6) is 0 Å². The number of nitrogens with one attached hydrogen (secondary N) is 1. The van der Waals surface area contributed by atoms with E-state index in [0.29, 0.717) is 12.5 Å². The van der Waals surface area contributed by atoms with Gasteiger partial charge in [-0.2, -0.15) is 0 Å². The van der Waals surface area contributed by atoms with Crippen LogP contribution < -0.4 is 5.32 Å². The molecule has 1 amide bonds. The summed E-state index contributed by atoms with van der Waals surface area (Å²) in [6.07, 6.45) is 3.31. The molecule has 1 rings (SSSR count). The highest BCUT2D eigenvalue weighted by Crippen LogP contribution is 2.12. The SMILES string of the molecule is CCCOCC(=O)N(C)CC1CCNCC1. The van der Waals surface area contributed by atoms with Crippen molar-refractivity contribution in [2.45, 2.75) is 26.2 Å². The van der Waals surface area contributed by atoms with Crippen molar-refractivity contribution in [1.29, 1.82) is 0 Å².